The molecule has 20 heavy (non-hydrogen) atoms. The molecular formula is C16H18N2O2. The van der Waals surface area contributed by atoms with Gasteiger partial charge in [-0.05, 0) is 51.3 Å². The molecule has 1 amide bonds. The number of carbonyl (C=O) groups excluding carboxylic acids is 2. The first kappa shape index (κ1) is 14.3. The van der Waals surface area contributed by atoms with Crippen molar-refractivity contribution in [2.24, 2.45) is 5.41 Å². The standard InChI is InChI=1S/C16H18N2O2/c1-10-5-6-12-13(11(10)2)18(15(20)14(12)19)8-7-16(3,4)9-17/h5-6H,7-8H2,1-4H3. The summed E-state index contributed by atoms with van der Waals surface area (Å²) in [5.74, 6) is -0.930. The van der Waals surface area contributed by atoms with E-state index in [1.54, 1.807) is 6.07 Å². The highest BCUT2D eigenvalue weighted by Crippen LogP contribution is 2.35. The molecule has 0 aliphatic carbocycles. The van der Waals surface area contributed by atoms with Crippen LogP contribution in [0.2, 0.25) is 0 Å². The van der Waals surface area contributed by atoms with E-state index >= 15 is 0 Å². The van der Waals surface area contributed by atoms with E-state index in [9.17, 15) is 9.59 Å². The van der Waals surface area contributed by atoms with Gasteiger partial charge in [0.2, 0.25) is 0 Å². The first-order valence-corrected chi connectivity index (χ1v) is 6.66. The van der Waals surface area contributed by atoms with Gasteiger partial charge in [0, 0.05) is 6.54 Å². The van der Waals surface area contributed by atoms with Crippen molar-refractivity contribution in [3.8, 4) is 6.07 Å². The largest absolute Gasteiger partial charge is 0.304 e. The van der Waals surface area contributed by atoms with Crippen LogP contribution in [0, 0.1) is 30.6 Å². The lowest BCUT2D eigenvalue weighted by Crippen LogP contribution is -2.33. The van der Waals surface area contributed by atoms with Crippen LogP contribution < -0.4 is 4.90 Å². The van der Waals surface area contributed by atoms with Crippen molar-refractivity contribution in [3.05, 3.63) is 28.8 Å². The summed E-state index contributed by atoms with van der Waals surface area (Å²) < 4.78 is 0. The number of carbonyl (C=O) groups is 2. The number of fused-ring (bicyclic) bond motifs is 1. The number of nitriles is 1. The Morgan fingerprint density at radius 1 is 1.25 bits per heavy atom. The highest BCUT2D eigenvalue weighted by atomic mass is 16.2. The van der Waals surface area contributed by atoms with Gasteiger partial charge in [0.1, 0.15) is 0 Å². The van der Waals surface area contributed by atoms with Crippen LogP contribution in [0.5, 0.6) is 0 Å². The first-order chi connectivity index (χ1) is 9.28. The van der Waals surface area contributed by atoms with Crippen LogP contribution in [-0.4, -0.2) is 18.2 Å². The van der Waals surface area contributed by atoms with Crippen LogP contribution in [0.15, 0.2) is 12.1 Å². The van der Waals surface area contributed by atoms with Crippen LogP contribution in [0.1, 0.15) is 41.8 Å². The third-order valence-corrected chi connectivity index (χ3v) is 3.92. The van der Waals surface area contributed by atoms with Crippen molar-refractivity contribution in [3.63, 3.8) is 0 Å². The van der Waals surface area contributed by atoms with E-state index in [0.29, 0.717) is 24.2 Å². The Morgan fingerprint density at radius 3 is 2.50 bits per heavy atom. The Bertz CT molecular complexity index is 639. The van der Waals surface area contributed by atoms with Crippen LogP contribution in [0.4, 0.5) is 5.69 Å². The molecule has 0 unspecified atom stereocenters. The lowest BCUT2D eigenvalue weighted by Gasteiger charge is -2.23. The molecule has 1 heterocycles. The molecule has 4 nitrogen and oxygen atoms in total. The van der Waals surface area contributed by atoms with Crippen LogP contribution in [0.3, 0.4) is 0 Å². The lowest BCUT2D eigenvalue weighted by atomic mass is 9.91. The van der Waals surface area contributed by atoms with Gasteiger partial charge in [-0.3, -0.25) is 9.59 Å². The van der Waals surface area contributed by atoms with Crippen LogP contribution in [-0.2, 0) is 4.79 Å². The van der Waals surface area contributed by atoms with E-state index in [4.69, 9.17) is 5.26 Å². The van der Waals surface area contributed by atoms with Crippen molar-refractivity contribution in [1.82, 2.24) is 0 Å². The van der Waals surface area contributed by atoms with Crippen molar-refractivity contribution < 1.29 is 9.59 Å². The van der Waals surface area contributed by atoms with E-state index < -0.39 is 17.1 Å². The quantitative estimate of drug-likeness (QED) is 0.793. The minimum Gasteiger partial charge on any atom is -0.304 e. The molecule has 2 rings (SSSR count). The predicted octanol–water partition coefficient (Wildman–Crippen LogP) is 2.77. The molecule has 1 aromatic carbocycles. The van der Waals surface area contributed by atoms with Gasteiger partial charge < -0.3 is 4.90 Å². The summed E-state index contributed by atoms with van der Waals surface area (Å²) in [6, 6.07) is 5.80. The number of hydrogen-bond acceptors (Lipinski definition) is 3. The summed E-state index contributed by atoms with van der Waals surface area (Å²) in [5.41, 5.74) is 2.69. The maximum atomic E-state index is 12.1. The van der Waals surface area contributed by atoms with Crippen molar-refractivity contribution in [2.45, 2.75) is 34.1 Å². The summed E-state index contributed by atoms with van der Waals surface area (Å²) in [7, 11) is 0. The number of amides is 1. The predicted molar refractivity (Wildman–Crippen MR) is 76.6 cm³/mol. The number of anilines is 1. The fraction of sp³-hybridized carbons (Fsp3) is 0.438. The molecule has 1 aromatic rings. The van der Waals surface area contributed by atoms with Gasteiger partial charge in [0.05, 0.1) is 22.7 Å². The SMILES string of the molecule is Cc1ccc2c(c1C)N(CCC(C)(C)C#N)C(=O)C2=O. The number of Topliss-reactive ketones (excluding diaryl/α,β-unsaturated/α-hetero) is 1. The van der Waals surface area contributed by atoms with Crippen LogP contribution in [0.25, 0.3) is 0 Å². The number of benzene rings is 1. The zero-order chi connectivity index (χ0) is 15.1. The number of nitrogens with zero attached hydrogens (tertiary/aromatic N) is 2. The Kier molecular flexibility index (Phi) is 3.39. The molecule has 0 saturated heterocycles. The summed E-state index contributed by atoms with van der Waals surface area (Å²) in [6.45, 7) is 7.93. The Labute approximate surface area is 119 Å². The zero-order valence-electron chi connectivity index (χ0n) is 12.3. The van der Waals surface area contributed by atoms with Gasteiger partial charge in [-0.15, -0.1) is 0 Å². The van der Waals surface area contributed by atoms with Gasteiger partial charge in [-0.2, -0.15) is 5.26 Å². The number of ketones is 1. The molecule has 0 spiro atoms. The van der Waals surface area contributed by atoms with Gasteiger partial charge in [0.15, 0.2) is 0 Å². The summed E-state index contributed by atoms with van der Waals surface area (Å²) in [5, 5.41) is 9.06. The number of rotatable bonds is 3. The third kappa shape index (κ3) is 2.20. The van der Waals surface area contributed by atoms with E-state index in [0.717, 1.165) is 11.1 Å². The normalized spacial score (nSPS) is 14.4. The van der Waals surface area contributed by atoms with E-state index in [-0.39, 0.29) is 0 Å². The molecule has 1 aliphatic rings. The monoisotopic (exact) mass is 270 g/mol. The highest BCUT2D eigenvalue weighted by Gasteiger charge is 2.37. The molecule has 0 bridgehead atoms. The summed E-state index contributed by atoms with van der Waals surface area (Å²) >= 11 is 0. The molecule has 1 aliphatic heterocycles. The van der Waals surface area contributed by atoms with E-state index in [2.05, 4.69) is 6.07 Å². The average Bonchev–Trinajstić information content (AvgIpc) is 2.65. The Hall–Kier alpha value is -2.15. The minimum absolute atomic E-state index is 0.391. The van der Waals surface area contributed by atoms with Gasteiger partial charge in [0.25, 0.3) is 11.7 Å². The fourth-order valence-electron chi connectivity index (χ4n) is 2.33. The van der Waals surface area contributed by atoms with Gasteiger partial charge in [-0.25, -0.2) is 0 Å². The van der Waals surface area contributed by atoms with Crippen molar-refractivity contribution in [1.29, 1.82) is 5.26 Å². The van der Waals surface area contributed by atoms with Crippen molar-refractivity contribution in [2.75, 3.05) is 11.4 Å². The Morgan fingerprint density at radius 2 is 1.90 bits per heavy atom. The lowest BCUT2D eigenvalue weighted by molar-refractivity contribution is -0.114. The molecule has 0 N–H and O–H groups in total. The summed E-state index contributed by atoms with van der Waals surface area (Å²) in [6.07, 6.45) is 0.537. The topological polar surface area (TPSA) is 61.2 Å². The maximum Gasteiger partial charge on any atom is 0.299 e. The number of hydrogen-bond donors (Lipinski definition) is 0. The average molecular weight is 270 g/mol. The van der Waals surface area contributed by atoms with E-state index in [1.807, 2.05) is 33.8 Å². The smallest absolute Gasteiger partial charge is 0.299 e. The van der Waals surface area contributed by atoms with Crippen LogP contribution >= 0.6 is 0 Å². The molecular weight excluding hydrogens is 252 g/mol. The molecule has 0 atom stereocenters. The van der Waals surface area contributed by atoms with Gasteiger partial charge in [-0.1, -0.05) is 6.07 Å². The third-order valence-electron chi connectivity index (χ3n) is 3.92. The molecule has 104 valence electrons. The minimum atomic E-state index is -0.510. The molecule has 0 radical (unpaired) electrons. The summed E-state index contributed by atoms with van der Waals surface area (Å²) in [4.78, 5) is 25.7. The first-order valence-electron chi connectivity index (χ1n) is 6.66. The second kappa shape index (κ2) is 4.75. The second-order valence-electron chi connectivity index (χ2n) is 5.94. The molecule has 4 heteroatoms. The second-order valence-corrected chi connectivity index (χ2v) is 5.94. The zero-order valence-corrected chi connectivity index (χ0v) is 12.3. The van der Waals surface area contributed by atoms with Crippen molar-refractivity contribution >= 4 is 17.4 Å². The fourth-order valence-corrected chi connectivity index (χ4v) is 2.33. The Balaban J connectivity index is 2.38. The molecule has 0 saturated carbocycles. The molecule has 0 aromatic heterocycles. The number of aryl methyl sites for hydroxylation is 1. The molecule has 0 fully saturated rings. The highest BCUT2D eigenvalue weighted by molar-refractivity contribution is 6.52. The van der Waals surface area contributed by atoms with Gasteiger partial charge >= 0.3 is 0 Å². The maximum absolute atomic E-state index is 12.1. The van der Waals surface area contributed by atoms with E-state index in [1.165, 1.54) is 4.90 Å².